The Morgan fingerprint density at radius 3 is 2.62 bits per heavy atom. The molecule has 7 nitrogen and oxygen atoms in total. The molecule has 1 aromatic heterocycles. The number of hydrogen-bond acceptors (Lipinski definition) is 5. The molecular formula is C20H19FN4O3S. The second-order valence-corrected chi connectivity index (χ2v) is 6.82. The average Bonchev–Trinajstić information content (AvgIpc) is 3.15. The highest BCUT2D eigenvalue weighted by Crippen LogP contribution is 2.22. The number of imidazole rings is 1. The molecule has 9 heteroatoms. The number of benzene rings is 2. The third kappa shape index (κ3) is 5.14. The first-order valence-corrected chi connectivity index (χ1v) is 9.86. The fourth-order valence-electron chi connectivity index (χ4n) is 2.56. The molecule has 0 aliphatic heterocycles. The van der Waals surface area contributed by atoms with Gasteiger partial charge in [0.25, 0.3) is 11.8 Å². The van der Waals surface area contributed by atoms with Gasteiger partial charge >= 0.3 is 0 Å². The van der Waals surface area contributed by atoms with Crippen LogP contribution in [0.3, 0.4) is 0 Å². The topological polar surface area (TPSA) is 85.2 Å². The van der Waals surface area contributed by atoms with E-state index in [1.54, 1.807) is 28.8 Å². The van der Waals surface area contributed by atoms with Crippen LogP contribution in [0.5, 0.6) is 5.75 Å². The van der Waals surface area contributed by atoms with Gasteiger partial charge in [-0.25, -0.2) is 9.37 Å². The van der Waals surface area contributed by atoms with Gasteiger partial charge in [-0.1, -0.05) is 23.9 Å². The summed E-state index contributed by atoms with van der Waals surface area (Å²) >= 11 is 1.33. The van der Waals surface area contributed by atoms with Crippen molar-refractivity contribution in [2.45, 2.75) is 12.1 Å². The van der Waals surface area contributed by atoms with Crippen LogP contribution in [0.25, 0.3) is 5.69 Å². The Kier molecular flexibility index (Phi) is 6.50. The summed E-state index contributed by atoms with van der Waals surface area (Å²) in [6, 6.07) is 13.0. The van der Waals surface area contributed by atoms with Gasteiger partial charge in [-0.15, -0.1) is 0 Å². The van der Waals surface area contributed by atoms with E-state index in [2.05, 4.69) is 15.8 Å². The summed E-state index contributed by atoms with van der Waals surface area (Å²) in [7, 11) is 0. The number of nitrogens with zero attached hydrogens (tertiary/aromatic N) is 2. The summed E-state index contributed by atoms with van der Waals surface area (Å²) in [5, 5.41) is 0.552. The second-order valence-electron chi connectivity index (χ2n) is 6.05. The highest BCUT2D eigenvalue weighted by Gasteiger charge is 2.18. The first-order chi connectivity index (χ1) is 14.0. The average molecular weight is 414 g/mol. The summed E-state index contributed by atoms with van der Waals surface area (Å²) in [6.07, 6.45) is 3.20. The van der Waals surface area contributed by atoms with Gasteiger partial charge in [0.15, 0.2) is 11.8 Å². The number of ether oxygens (including phenoxy) is 1. The summed E-state index contributed by atoms with van der Waals surface area (Å²) in [4.78, 5) is 28.7. The number of carbonyl (C=O) groups is 2. The van der Waals surface area contributed by atoms with E-state index in [0.29, 0.717) is 16.6 Å². The van der Waals surface area contributed by atoms with E-state index in [4.69, 9.17) is 4.74 Å². The summed E-state index contributed by atoms with van der Waals surface area (Å²) in [5.41, 5.74) is 6.43. The maximum Gasteiger partial charge on any atom is 0.288 e. The standard InChI is InChI=1S/C20H19FN4O3S/c1-13-4-3-5-16(10-13)28-12-18(26)23-24-19(27)17-11-22-20(29-2)25(17)15-8-6-14(21)7-9-15/h3-11H,12H2,1-2H3,(H,23,26)(H,24,27). The van der Waals surface area contributed by atoms with Crippen LogP contribution in [0.4, 0.5) is 4.39 Å². The molecule has 29 heavy (non-hydrogen) atoms. The molecule has 0 unspecified atom stereocenters. The number of hydrogen-bond donors (Lipinski definition) is 2. The minimum absolute atomic E-state index is 0.195. The molecule has 0 aliphatic rings. The lowest BCUT2D eigenvalue weighted by Crippen LogP contribution is -2.44. The molecule has 2 amide bonds. The Morgan fingerprint density at radius 1 is 1.17 bits per heavy atom. The SMILES string of the molecule is CSc1ncc(C(=O)NNC(=O)COc2cccc(C)c2)n1-c1ccc(F)cc1. The molecular weight excluding hydrogens is 395 g/mol. The Balaban J connectivity index is 1.64. The quantitative estimate of drug-likeness (QED) is 0.479. The number of rotatable bonds is 6. The van der Waals surface area contributed by atoms with Crippen LogP contribution in [0.2, 0.25) is 0 Å². The summed E-state index contributed by atoms with van der Waals surface area (Å²) < 4.78 is 20.2. The number of nitrogens with one attached hydrogen (secondary N) is 2. The lowest BCUT2D eigenvalue weighted by molar-refractivity contribution is -0.123. The van der Waals surface area contributed by atoms with E-state index < -0.39 is 11.8 Å². The fraction of sp³-hybridized carbons (Fsp3) is 0.150. The molecule has 0 saturated carbocycles. The predicted octanol–water partition coefficient (Wildman–Crippen LogP) is 2.88. The van der Waals surface area contributed by atoms with Crippen LogP contribution in [-0.4, -0.2) is 34.2 Å². The van der Waals surface area contributed by atoms with Gasteiger partial charge in [0.2, 0.25) is 0 Å². The van der Waals surface area contributed by atoms with Gasteiger partial charge in [-0.05, 0) is 55.1 Å². The van der Waals surface area contributed by atoms with Crippen molar-refractivity contribution in [2.24, 2.45) is 0 Å². The zero-order valence-electron chi connectivity index (χ0n) is 15.8. The smallest absolute Gasteiger partial charge is 0.288 e. The second kappa shape index (κ2) is 9.24. The van der Waals surface area contributed by atoms with Crippen molar-refractivity contribution in [1.29, 1.82) is 0 Å². The number of amides is 2. The zero-order valence-corrected chi connectivity index (χ0v) is 16.6. The molecule has 2 aromatic carbocycles. The highest BCUT2D eigenvalue weighted by molar-refractivity contribution is 7.98. The van der Waals surface area contributed by atoms with Crippen LogP contribution >= 0.6 is 11.8 Å². The monoisotopic (exact) mass is 414 g/mol. The molecule has 3 aromatic rings. The van der Waals surface area contributed by atoms with Gasteiger partial charge in [0.1, 0.15) is 17.3 Å². The molecule has 0 aliphatic carbocycles. The van der Waals surface area contributed by atoms with Crippen LogP contribution in [0.1, 0.15) is 16.1 Å². The Bertz CT molecular complexity index is 1020. The molecule has 0 radical (unpaired) electrons. The largest absolute Gasteiger partial charge is 0.484 e. The van der Waals surface area contributed by atoms with Crippen molar-refractivity contribution in [3.8, 4) is 11.4 Å². The van der Waals surface area contributed by atoms with Gasteiger partial charge in [0, 0.05) is 5.69 Å². The molecule has 0 saturated heterocycles. The lowest BCUT2D eigenvalue weighted by atomic mass is 10.2. The van der Waals surface area contributed by atoms with Gasteiger partial charge in [-0.3, -0.25) is 25.0 Å². The molecule has 3 rings (SSSR count). The molecule has 2 N–H and O–H groups in total. The van der Waals surface area contributed by atoms with E-state index in [0.717, 1.165) is 5.56 Å². The van der Waals surface area contributed by atoms with E-state index in [1.807, 2.05) is 25.3 Å². The van der Waals surface area contributed by atoms with Crippen molar-refractivity contribution in [1.82, 2.24) is 20.4 Å². The van der Waals surface area contributed by atoms with Crippen molar-refractivity contribution in [3.63, 3.8) is 0 Å². The van der Waals surface area contributed by atoms with Crippen molar-refractivity contribution in [2.75, 3.05) is 12.9 Å². The van der Waals surface area contributed by atoms with Gasteiger partial charge in [-0.2, -0.15) is 0 Å². The maximum atomic E-state index is 13.2. The number of thioether (sulfide) groups is 1. The summed E-state index contributed by atoms with van der Waals surface area (Å²) in [6.45, 7) is 1.66. The Morgan fingerprint density at radius 2 is 1.93 bits per heavy atom. The van der Waals surface area contributed by atoms with Crippen molar-refractivity contribution in [3.05, 3.63) is 71.8 Å². The molecule has 0 bridgehead atoms. The summed E-state index contributed by atoms with van der Waals surface area (Å²) in [5.74, 6) is -0.902. The normalized spacial score (nSPS) is 10.4. The van der Waals surface area contributed by atoms with E-state index in [1.165, 1.54) is 30.1 Å². The molecule has 0 atom stereocenters. The first-order valence-electron chi connectivity index (χ1n) is 8.64. The van der Waals surface area contributed by atoms with Crippen molar-refractivity contribution >= 4 is 23.6 Å². The minimum atomic E-state index is -0.564. The van der Waals surface area contributed by atoms with Gasteiger partial charge < -0.3 is 4.74 Å². The molecule has 0 spiro atoms. The van der Waals surface area contributed by atoms with Crippen LogP contribution < -0.4 is 15.6 Å². The zero-order chi connectivity index (χ0) is 20.8. The van der Waals surface area contributed by atoms with Crippen molar-refractivity contribution < 1.29 is 18.7 Å². The van der Waals surface area contributed by atoms with Gasteiger partial charge in [0.05, 0.1) is 6.20 Å². The fourth-order valence-corrected chi connectivity index (χ4v) is 3.10. The lowest BCUT2D eigenvalue weighted by Gasteiger charge is -2.12. The molecule has 1 heterocycles. The molecule has 150 valence electrons. The van der Waals surface area contributed by atoms with E-state index in [9.17, 15) is 14.0 Å². The third-order valence-corrected chi connectivity index (χ3v) is 4.56. The maximum absolute atomic E-state index is 13.2. The first kappa shape index (κ1) is 20.4. The molecule has 0 fully saturated rings. The highest BCUT2D eigenvalue weighted by atomic mass is 32.2. The minimum Gasteiger partial charge on any atom is -0.484 e. The van der Waals surface area contributed by atoms with Crippen LogP contribution in [0, 0.1) is 12.7 Å². The van der Waals surface area contributed by atoms with Crippen LogP contribution in [-0.2, 0) is 4.79 Å². The Hall–Kier alpha value is -3.33. The number of carbonyl (C=O) groups excluding carboxylic acids is 2. The van der Waals surface area contributed by atoms with Crippen LogP contribution in [0.15, 0.2) is 59.9 Å². The van der Waals surface area contributed by atoms with E-state index in [-0.39, 0.29) is 18.1 Å². The number of halogens is 1. The number of aryl methyl sites for hydroxylation is 1. The van der Waals surface area contributed by atoms with E-state index >= 15 is 0 Å². The third-order valence-electron chi connectivity index (χ3n) is 3.90. The number of hydrazine groups is 1. The predicted molar refractivity (Wildman–Crippen MR) is 108 cm³/mol. The Labute approximate surface area is 171 Å². The number of aromatic nitrogens is 2.